The van der Waals surface area contributed by atoms with E-state index < -0.39 is 11.6 Å². The molecule has 4 nitrogen and oxygen atoms in total. The van der Waals surface area contributed by atoms with Crippen LogP contribution in [0.15, 0.2) is 48.5 Å². The van der Waals surface area contributed by atoms with Crippen LogP contribution in [0.25, 0.3) is 0 Å². The zero-order chi connectivity index (χ0) is 17.6. The van der Waals surface area contributed by atoms with Crippen molar-refractivity contribution in [3.05, 3.63) is 65.7 Å². The van der Waals surface area contributed by atoms with Gasteiger partial charge in [0.15, 0.2) is 0 Å². The lowest BCUT2D eigenvalue weighted by Gasteiger charge is -2.34. The SMILES string of the molecule is O=C(CN1CCN(Cc2ccccc2)CC1)Nc1ccc(F)cc1F. The third-order valence-corrected chi connectivity index (χ3v) is 4.29. The Balaban J connectivity index is 1.44. The van der Waals surface area contributed by atoms with Gasteiger partial charge in [-0.15, -0.1) is 0 Å². The van der Waals surface area contributed by atoms with E-state index in [2.05, 4.69) is 22.3 Å². The summed E-state index contributed by atoms with van der Waals surface area (Å²) in [5, 5.41) is 2.50. The molecule has 132 valence electrons. The smallest absolute Gasteiger partial charge is 0.238 e. The van der Waals surface area contributed by atoms with Crippen molar-refractivity contribution in [3.63, 3.8) is 0 Å². The van der Waals surface area contributed by atoms with Crippen LogP contribution in [0.4, 0.5) is 14.5 Å². The van der Waals surface area contributed by atoms with Gasteiger partial charge in [0.05, 0.1) is 12.2 Å². The maximum atomic E-state index is 13.6. The van der Waals surface area contributed by atoms with Crippen molar-refractivity contribution in [3.8, 4) is 0 Å². The number of piperazine rings is 1. The van der Waals surface area contributed by atoms with E-state index in [1.165, 1.54) is 11.6 Å². The van der Waals surface area contributed by atoms with Crippen molar-refractivity contribution < 1.29 is 13.6 Å². The lowest BCUT2D eigenvalue weighted by Crippen LogP contribution is -2.48. The highest BCUT2D eigenvalue weighted by atomic mass is 19.1. The number of rotatable bonds is 5. The average Bonchev–Trinajstić information content (AvgIpc) is 2.60. The van der Waals surface area contributed by atoms with Gasteiger partial charge in [-0.25, -0.2) is 8.78 Å². The van der Waals surface area contributed by atoms with E-state index in [1.54, 1.807) is 0 Å². The monoisotopic (exact) mass is 345 g/mol. The number of benzene rings is 2. The molecule has 6 heteroatoms. The molecule has 1 aliphatic heterocycles. The molecule has 0 bridgehead atoms. The Morgan fingerprint density at radius 3 is 2.32 bits per heavy atom. The molecular weight excluding hydrogens is 324 g/mol. The molecule has 2 aromatic carbocycles. The van der Waals surface area contributed by atoms with Gasteiger partial charge in [-0.1, -0.05) is 30.3 Å². The Morgan fingerprint density at radius 2 is 1.64 bits per heavy atom. The number of amides is 1. The van der Waals surface area contributed by atoms with Gasteiger partial charge in [-0.05, 0) is 17.7 Å². The van der Waals surface area contributed by atoms with E-state index in [4.69, 9.17) is 0 Å². The highest BCUT2D eigenvalue weighted by Gasteiger charge is 2.19. The number of nitrogens with zero attached hydrogens (tertiary/aromatic N) is 2. The third kappa shape index (κ3) is 5.08. The van der Waals surface area contributed by atoms with E-state index in [0.29, 0.717) is 0 Å². The maximum absolute atomic E-state index is 13.6. The molecule has 25 heavy (non-hydrogen) atoms. The van der Waals surface area contributed by atoms with Crippen molar-refractivity contribution in [2.24, 2.45) is 0 Å². The van der Waals surface area contributed by atoms with Crippen LogP contribution in [-0.4, -0.2) is 48.4 Å². The second kappa shape index (κ2) is 8.18. The summed E-state index contributed by atoms with van der Waals surface area (Å²) in [5.41, 5.74) is 1.29. The van der Waals surface area contributed by atoms with Crippen LogP contribution in [0, 0.1) is 11.6 Å². The molecule has 1 saturated heterocycles. The second-order valence-corrected chi connectivity index (χ2v) is 6.21. The lowest BCUT2D eigenvalue weighted by molar-refractivity contribution is -0.117. The van der Waals surface area contributed by atoms with Crippen molar-refractivity contribution in [2.75, 3.05) is 38.0 Å². The first-order chi connectivity index (χ1) is 12.1. The summed E-state index contributed by atoms with van der Waals surface area (Å²) >= 11 is 0. The summed E-state index contributed by atoms with van der Waals surface area (Å²) in [5.74, 6) is -1.71. The van der Waals surface area contributed by atoms with Gasteiger partial charge in [0, 0.05) is 38.8 Å². The van der Waals surface area contributed by atoms with E-state index in [-0.39, 0.29) is 18.1 Å². The summed E-state index contributed by atoms with van der Waals surface area (Å²) < 4.78 is 26.5. The largest absolute Gasteiger partial charge is 0.322 e. The van der Waals surface area contributed by atoms with Crippen molar-refractivity contribution in [1.82, 2.24) is 9.80 Å². The fraction of sp³-hybridized carbons (Fsp3) is 0.316. The van der Waals surface area contributed by atoms with E-state index in [0.717, 1.165) is 44.9 Å². The molecule has 0 atom stereocenters. The molecule has 0 aromatic heterocycles. The normalized spacial score (nSPS) is 15.9. The molecule has 3 rings (SSSR count). The van der Waals surface area contributed by atoms with E-state index in [9.17, 15) is 13.6 Å². The van der Waals surface area contributed by atoms with Crippen LogP contribution in [0.1, 0.15) is 5.56 Å². The molecule has 1 fully saturated rings. The molecule has 0 spiro atoms. The number of halogens is 2. The molecule has 1 heterocycles. The van der Waals surface area contributed by atoms with Crippen LogP contribution in [0.3, 0.4) is 0 Å². The molecule has 2 aromatic rings. The highest BCUT2D eigenvalue weighted by molar-refractivity contribution is 5.92. The van der Waals surface area contributed by atoms with Gasteiger partial charge in [-0.2, -0.15) is 0 Å². The molecule has 0 aliphatic carbocycles. The first kappa shape index (κ1) is 17.5. The Hall–Kier alpha value is -2.31. The van der Waals surface area contributed by atoms with Crippen LogP contribution in [0.2, 0.25) is 0 Å². The summed E-state index contributed by atoms with van der Waals surface area (Å²) in [6, 6.07) is 13.4. The second-order valence-electron chi connectivity index (χ2n) is 6.21. The van der Waals surface area contributed by atoms with Gasteiger partial charge >= 0.3 is 0 Å². The zero-order valence-electron chi connectivity index (χ0n) is 13.9. The van der Waals surface area contributed by atoms with Gasteiger partial charge in [0.25, 0.3) is 0 Å². The highest BCUT2D eigenvalue weighted by Crippen LogP contribution is 2.15. The van der Waals surface area contributed by atoms with Crippen LogP contribution < -0.4 is 5.32 Å². The predicted molar refractivity (Wildman–Crippen MR) is 93.1 cm³/mol. The first-order valence-corrected chi connectivity index (χ1v) is 8.34. The van der Waals surface area contributed by atoms with Crippen molar-refractivity contribution >= 4 is 11.6 Å². The number of anilines is 1. The van der Waals surface area contributed by atoms with Gasteiger partial charge in [-0.3, -0.25) is 14.6 Å². The average molecular weight is 345 g/mol. The summed E-state index contributed by atoms with van der Waals surface area (Å²) in [4.78, 5) is 16.5. The van der Waals surface area contributed by atoms with Gasteiger partial charge in [0.2, 0.25) is 5.91 Å². The fourth-order valence-electron chi connectivity index (χ4n) is 2.93. The van der Waals surface area contributed by atoms with Crippen molar-refractivity contribution in [2.45, 2.75) is 6.54 Å². The standard InChI is InChI=1S/C19H21F2N3O/c20-16-6-7-18(17(21)12-16)22-19(25)14-24-10-8-23(9-11-24)13-15-4-2-1-3-5-15/h1-7,12H,8-11,13-14H2,(H,22,25). The number of carbonyl (C=O) groups is 1. The topological polar surface area (TPSA) is 35.6 Å². The summed E-state index contributed by atoms with van der Waals surface area (Å²) in [6.45, 7) is 4.44. The molecule has 0 saturated carbocycles. The lowest BCUT2D eigenvalue weighted by atomic mass is 10.2. The number of hydrogen-bond donors (Lipinski definition) is 1. The van der Waals surface area contributed by atoms with E-state index >= 15 is 0 Å². The minimum atomic E-state index is -0.763. The van der Waals surface area contributed by atoms with Crippen molar-refractivity contribution in [1.29, 1.82) is 0 Å². The van der Waals surface area contributed by atoms with E-state index in [1.807, 2.05) is 23.1 Å². The van der Waals surface area contributed by atoms with Gasteiger partial charge < -0.3 is 5.32 Å². The zero-order valence-corrected chi connectivity index (χ0v) is 13.9. The van der Waals surface area contributed by atoms with Gasteiger partial charge in [0.1, 0.15) is 11.6 Å². The fourth-order valence-corrected chi connectivity index (χ4v) is 2.93. The number of hydrogen-bond acceptors (Lipinski definition) is 3. The summed E-state index contributed by atoms with van der Waals surface area (Å²) in [7, 11) is 0. The van der Waals surface area contributed by atoms with Crippen LogP contribution in [-0.2, 0) is 11.3 Å². The quantitative estimate of drug-likeness (QED) is 0.905. The molecular formula is C19H21F2N3O. The molecule has 1 amide bonds. The molecule has 0 unspecified atom stereocenters. The molecule has 1 aliphatic rings. The molecule has 0 radical (unpaired) electrons. The Bertz CT molecular complexity index is 716. The predicted octanol–water partition coefficient (Wildman–Crippen LogP) is 2.72. The number of nitrogens with one attached hydrogen (secondary N) is 1. The maximum Gasteiger partial charge on any atom is 0.238 e. The Labute approximate surface area is 146 Å². The summed E-state index contributed by atoms with van der Waals surface area (Å²) in [6.07, 6.45) is 0. The first-order valence-electron chi connectivity index (χ1n) is 8.34. The minimum absolute atomic E-state index is 0.00844. The van der Waals surface area contributed by atoms with Crippen LogP contribution in [0.5, 0.6) is 0 Å². The number of carbonyl (C=O) groups excluding carboxylic acids is 1. The molecule has 1 N–H and O–H groups in total. The minimum Gasteiger partial charge on any atom is -0.322 e. The third-order valence-electron chi connectivity index (χ3n) is 4.29. The Kier molecular flexibility index (Phi) is 5.73. The van der Waals surface area contributed by atoms with Crippen LogP contribution >= 0.6 is 0 Å². The Morgan fingerprint density at radius 1 is 0.960 bits per heavy atom.